The Balaban J connectivity index is 2.76. The molecular weight excluding hydrogens is 360 g/mol. The van der Waals surface area contributed by atoms with Gasteiger partial charge >= 0.3 is 0 Å². The van der Waals surface area contributed by atoms with Crippen LogP contribution >= 0.6 is 11.8 Å². The maximum absolute atomic E-state index is 10.4. The molecule has 0 atom stereocenters. The monoisotopic (exact) mass is 404 g/mol. The minimum absolute atomic E-state index is 0.00717. The molecule has 1 aliphatic heterocycles. The fourth-order valence-corrected chi connectivity index (χ4v) is 8.90. The van der Waals surface area contributed by atoms with Crippen molar-refractivity contribution in [1.82, 2.24) is 0 Å². The summed E-state index contributed by atoms with van der Waals surface area (Å²) in [5.41, 5.74) is 1.59. The van der Waals surface area contributed by atoms with Crippen LogP contribution in [0.1, 0.15) is 112 Å². The van der Waals surface area contributed by atoms with E-state index in [4.69, 9.17) is 0 Å². The molecule has 0 saturated carbocycles. The number of rotatable bonds is 8. The Labute approximate surface area is 179 Å². The van der Waals surface area contributed by atoms with Gasteiger partial charge in [-0.1, -0.05) is 93.9 Å². The molecule has 1 N–H and O–H groups in total. The Morgan fingerprint density at radius 3 is 1.75 bits per heavy atom. The summed E-state index contributed by atoms with van der Waals surface area (Å²) in [4.78, 5) is 1.40. The first kappa shape index (κ1) is 23.6. The van der Waals surface area contributed by atoms with Gasteiger partial charge in [0.25, 0.3) is 0 Å². The number of aromatic hydroxyl groups is 1. The van der Waals surface area contributed by atoms with Crippen molar-refractivity contribution in [2.24, 2.45) is 10.8 Å². The molecule has 0 aliphatic carbocycles. The third-order valence-corrected chi connectivity index (χ3v) is 8.66. The van der Waals surface area contributed by atoms with E-state index in [1.165, 1.54) is 61.8 Å². The predicted molar refractivity (Wildman–Crippen MR) is 126 cm³/mol. The quantitative estimate of drug-likeness (QED) is 0.437. The fourth-order valence-electron chi connectivity index (χ4n) is 6.66. The predicted octanol–water partition coefficient (Wildman–Crippen LogP) is 8.73. The highest BCUT2D eigenvalue weighted by Crippen LogP contribution is 2.72. The lowest BCUT2D eigenvalue weighted by Gasteiger charge is -2.61. The molecular formula is C26H44OS. The Kier molecular flexibility index (Phi) is 7.28. The second-order valence-electron chi connectivity index (χ2n) is 10.9. The molecule has 1 nitrogen and oxygen atoms in total. The Morgan fingerprint density at radius 2 is 1.32 bits per heavy atom. The number of fused-ring (bicyclic) bond motifs is 1. The van der Waals surface area contributed by atoms with E-state index in [1.807, 2.05) is 6.07 Å². The van der Waals surface area contributed by atoms with Gasteiger partial charge in [-0.2, -0.15) is 0 Å². The molecule has 1 aliphatic rings. The maximum atomic E-state index is 10.4. The van der Waals surface area contributed by atoms with Gasteiger partial charge in [-0.15, -0.1) is 11.8 Å². The smallest absolute Gasteiger partial charge is 0.115 e. The molecule has 1 aromatic carbocycles. The molecule has 0 spiro atoms. The van der Waals surface area contributed by atoms with E-state index in [9.17, 15) is 5.11 Å². The summed E-state index contributed by atoms with van der Waals surface area (Å²) in [6, 6.07) is 6.17. The number of phenolic OH excluding ortho intramolecular Hbond substituents is 1. The maximum Gasteiger partial charge on any atom is 0.115 e. The van der Waals surface area contributed by atoms with Gasteiger partial charge in [-0.25, -0.2) is 0 Å². The molecule has 28 heavy (non-hydrogen) atoms. The minimum atomic E-state index is 0.00717. The van der Waals surface area contributed by atoms with E-state index < -0.39 is 0 Å². The van der Waals surface area contributed by atoms with Crippen LogP contribution in [0.4, 0.5) is 0 Å². The van der Waals surface area contributed by atoms with E-state index in [1.54, 1.807) is 0 Å². The van der Waals surface area contributed by atoms with Crippen molar-refractivity contribution < 1.29 is 5.11 Å². The van der Waals surface area contributed by atoms with Gasteiger partial charge in [0.1, 0.15) is 5.75 Å². The Morgan fingerprint density at radius 1 is 0.821 bits per heavy atom. The van der Waals surface area contributed by atoms with E-state index in [0.717, 1.165) is 0 Å². The van der Waals surface area contributed by atoms with Gasteiger partial charge in [-0.3, -0.25) is 0 Å². The highest BCUT2D eigenvalue weighted by molar-refractivity contribution is 8.01. The van der Waals surface area contributed by atoms with Crippen molar-refractivity contribution in [1.29, 1.82) is 0 Å². The summed E-state index contributed by atoms with van der Waals surface area (Å²) in [6.07, 6.45) is 10.3. The lowest BCUT2D eigenvalue weighted by Crippen LogP contribution is -2.61. The molecule has 160 valence electrons. The van der Waals surface area contributed by atoms with Crippen LogP contribution in [0.3, 0.4) is 0 Å². The van der Waals surface area contributed by atoms with Crippen molar-refractivity contribution in [3.8, 4) is 5.75 Å². The van der Waals surface area contributed by atoms with Crippen molar-refractivity contribution in [2.75, 3.05) is 0 Å². The van der Waals surface area contributed by atoms with E-state index in [0.29, 0.717) is 5.75 Å². The van der Waals surface area contributed by atoms with Crippen LogP contribution in [0.25, 0.3) is 0 Å². The SMILES string of the molecule is CCCCCC1(CCCCC)Sc2ccc(O)cc2C1(C(C)(C)C)C(C)(C)C. The third-order valence-electron chi connectivity index (χ3n) is 6.97. The average molecular weight is 405 g/mol. The standard InChI is InChI=1S/C26H44OS/c1-9-11-13-17-25(18-14-12-10-2)26(23(3,4)5,24(6,7)8)21-19-20(27)15-16-22(21)28-25/h15-16,19,27H,9-14,17-18H2,1-8H3. The van der Waals surface area contributed by atoms with Gasteiger partial charge in [0.15, 0.2) is 0 Å². The summed E-state index contributed by atoms with van der Waals surface area (Å²) in [5.74, 6) is 0.412. The molecule has 0 aromatic heterocycles. The first-order valence-corrected chi connectivity index (χ1v) is 12.3. The van der Waals surface area contributed by atoms with Crippen molar-refractivity contribution >= 4 is 11.8 Å². The number of unbranched alkanes of at least 4 members (excludes halogenated alkanes) is 4. The zero-order valence-electron chi connectivity index (χ0n) is 19.7. The molecule has 0 saturated heterocycles. The van der Waals surface area contributed by atoms with E-state index >= 15 is 0 Å². The van der Waals surface area contributed by atoms with Crippen molar-refractivity contribution in [3.63, 3.8) is 0 Å². The molecule has 0 amide bonds. The van der Waals surface area contributed by atoms with Crippen LogP contribution < -0.4 is 0 Å². The van der Waals surface area contributed by atoms with Gasteiger partial charge < -0.3 is 5.11 Å². The average Bonchev–Trinajstić information content (AvgIpc) is 2.85. The van der Waals surface area contributed by atoms with Crippen LogP contribution in [0.15, 0.2) is 23.1 Å². The summed E-state index contributed by atoms with van der Waals surface area (Å²) >= 11 is 2.14. The fraction of sp³-hybridized carbons (Fsp3) is 0.769. The van der Waals surface area contributed by atoms with E-state index in [-0.39, 0.29) is 21.0 Å². The second kappa shape index (κ2) is 8.62. The number of phenols is 1. The van der Waals surface area contributed by atoms with Crippen LogP contribution in [0, 0.1) is 10.8 Å². The molecule has 2 heteroatoms. The second-order valence-corrected chi connectivity index (χ2v) is 12.4. The normalized spacial score (nSPS) is 18.3. The van der Waals surface area contributed by atoms with Gasteiger partial charge in [0.05, 0.1) is 0 Å². The first-order chi connectivity index (χ1) is 13.0. The molecule has 0 bridgehead atoms. The number of hydrogen-bond donors (Lipinski definition) is 1. The lowest BCUT2D eigenvalue weighted by atomic mass is 9.45. The van der Waals surface area contributed by atoms with E-state index in [2.05, 4.69) is 79.3 Å². The highest BCUT2D eigenvalue weighted by atomic mass is 32.2. The summed E-state index contributed by atoms with van der Waals surface area (Å²) < 4.78 is 0.184. The number of thioether (sulfide) groups is 1. The molecule has 0 unspecified atom stereocenters. The molecule has 1 heterocycles. The third kappa shape index (κ3) is 3.87. The number of benzene rings is 1. The first-order valence-electron chi connectivity index (χ1n) is 11.5. The largest absolute Gasteiger partial charge is 0.508 e. The molecule has 2 rings (SSSR count). The minimum Gasteiger partial charge on any atom is -0.508 e. The molecule has 0 fully saturated rings. The van der Waals surface area contributed by atoms with Gasteiger partial charge in [0, 0.05) is 15.1 Å². The molecule has 1 aromatic rings. The molecule has 0 radical (unpaired) electrons. The summed E-state index contributed by atoms with van der Waals surface area (Å²) in [6.45, 7) is 19.2. The summed E-state index contributed by atoms with van der Waals surface area (Å²) in [7, 11) is 0. The zero-order chi connectivity index (χ0) is 21.2. The van der Waals surface area contributed by atoms with Crippen LogP contribution in [0.2, 0.25) is 0 Å². The summed E-state index contributed by atoms with van der Waals surface area (Å²) in [5, 5.41) is 10.4. The highest BCUT2D eigenvalue weighted by Gasteiger charge is 2.67. The van der Waals surface area contributed by atoms with Gasteiger partial charge in [-0.05, 0) is 47.4 Å². The van der Waals surface area contributed by atoms with Crippen LogP contribution in [0.5, 0.6) is 5.75 Å². The van der Waals surface area contributed by atoms with Gasteiger partial charge in [0.2, 0.25) is 0 Å². The Hall–Kier alpha value is -0.630. The number of hydrogen-bond acceptors (Lipinski definition) is 2. The topological polar surface area (TPSA) is 20.2 Å². The van der Waals surface area contributed by atoms with Crippen LogP contribution in [-0.4, -0.2) is 9.85 Å². The van der Waals surface area contributed by atoms with Crippen molar-refractivity contribution in [3.05, 3.63) is 23.8 Å². The van der Waals surface area contributed by atoms with Crippen molar-refractivity contribution in [2.45, 2.75) is 122 Å². The Bertz CT molecular complexity index is 623. The lowest BCUT2D eigenvalue weighted by molar-refractivity contribution is 0.00579. The van der Waals surface area contributed by atoms with Crippen LogP contribution in [-0.2, 0) is 5.41 Å². The zero-order valence-corrected chi connectivity index (χ0v) is 20.6.